The summed E-state index contributed by atoms with van der Waals surface area (Å²) in [7, 11) is 0. The van der Waals surface area contributed by atoms with E-state index in [0.717, 1.165) is 24.5 Å². The molecule has 0 bridgehead atoms. The number of amides is 1. The summed E-state index contributed by atoms with van der Waals surface area (Å²) < 4.78 is 5.53. The molecule has 1 N–H and O–H groups in total. The highest BCUT2D eigenvalue weighted by molar-refractivity contribution is 7.09. The number of carboxylic acids is 1. The highest BCUT2D eigenvalue weighted by atomic mass is 32.1. The van der Waals surface area contributed by atoms with Gasteiger partial charge in [-0.05, 0) is 26.7 Å². The SMILES string of the molecule is CC(C)N(CC(=O)O)C(=O)c1csc(C2CCCO2)n1. The van der Waals surface area contributed by atoms with E-state index in [1.165, 1.54) is 16.2 Å². The van der Waals surface area contributed by atoms with E-state index in [4.69, 9.17) is 9.84 Å². The number of carbonyl (C=O) groups excluding carboxylic acids is 1. The number of thiazole rings is 1. The summed E-state index contributed by atoms with van der Waals surface area (Å²) in [5.41, 5.74) is 0.301. The van der Waals surface area contributed by atoms with E-state index in [2.05, 4.69) is 4.98 Å². The molecule has 20 heavy (non-hydrogen) atoms. The average molecular weight is 298 g/mol. The van der Waals surface area contributed by atoms with Gasteiger partial charge in [-0.25, -0.2) is 4.98 Å². The van der Waals surface area contributed by atoms with Crippen molar-refractivity contribution in [1.29, 1.82) is 0 Å². The van der Waals surface area contributed by atoms with E-state index in [0.29, 0.717) is 5.69 Å². The second kappa shape index (κ2) is 6.32. The largest absolute Gasteiger partial charge is 0.480 e. The number of aromatic nitrogens is 1. The number of carbonyl (C=O) groups is 2. The molecule has 0 aliphatic carbocycles. The summed E-state index contributed by atoms with van der Waals surface area (Å²) in [6.45, 7) is 3.98. The Morgan fingerprint density at radius 3 is 2.90 bits per heavy atom. The zero-order chi connectivity index (χ0) is 14.7. The Hall–Kier alpha value is -1.47. The molecule has 0 spiro atoms. The molecule has 1 aliphatic rings. The number of ether oxygens (including phenoxy) is 1. The van der Waals surface area contributed by atoms with Gasteiger partial charge >= 0.3 is 5.97 Å². The summed E-state index contributed by atoms with van der Waals surface area (Å²) in [6, 6.07) is -0.188. The van der Waals surface area contributed by atoms with Crippen molar-refractivity contribution in [3.05, 3.63) is 16.1 Å². The van der Waals surface area contributed by atoms with Crippen molar-refractivity contribution in [3.8, 4) is 0 Å². The molecule has 1 aromatic rings. The number of carboxylic acid groups (broad SMARTS) is 1. The quantitative estimate of drug-likeness (QED) is 0.898. The minimum Gasteiger partial charge on any atom is -0.480 e. The van der Waals surface area contributed by atoms with Crippen LogP contribution >= 0.6 is 11.3 Å². The molecule has 1 aliphatic heterocycles. The molecule has 2 rings (SSSR count). The molecule has 0 aromatic carbocycles. The molecular formula is C13H18N2O4S. The molecule has 0 radical (unpaired) electrons. The Morgan fingerprint density at radius 1 is 1.60 bits per heavy atom. The van der Waals surface area contributed by atoms with Gasteiger partial charge in [-0.3, -0.25) is 9.59 Å². The lowest BCUT2D eigenvalue weighted by atomic mass is 10.2. The fourth-order valence-corrected chi connectivity index (χ4v) is 2.96. The summed E-state index contributed by atoms with van der Waals surface area (Å²) in [4.78, 5) is 28.8. The van der Waals surface area contributed by atoms with Crippen LogP contribution in [0.15, 0.2) is 5.38 Å². The van der Waals surface area contributed by atoms with E-state index >= 15 is 0 Å². The predicted molar refractivity (Wildman–Crippen MR) is 73.8 cm³/mol. The van der Waals surface area contributed by atoms with Gasteiger partial charge in [0.15, 0.2) is 0 Å². The Labute approximate surface area is 121 Å². The molecular weight excluding hydrogens is 280 g/mol. The summed E-state index contributed by atoms with van der Waals surface area (Å²) in [5, 5.41) is 11.3. The average Bonchev–Trinajstić information content (AvgIpc) is 3.04. The van der Waals surface area contributed by atoms with Crippen LogP contribution < -0.4 is 0 Å². The Balaban J connectivity index is 2.12. The topological polar surface area (TPSA) is 79.7 Å². The first-order valence-corrected chi connectivity index (χ1v) is 7.46. The molecule has 1 amide bonds. The standard InChI is InChI=1S/C13H18N2O4S/c1-8(2)15(6-11(16)17)13(18)9-7-20-12(14-9)10-4-3-5-19-10/h7-8,10H,3-6H2,1-2H3,(H,16,17). The normalized spacial score (nSPS) is 18.4. The first-order valence-electron chi connectivity index (χ1n) is 6.59. The third-order valence-corrected chi connectivity index (χ3v) is 4.07. The first kappa shape index (κ1) is 14.9. The van der Waals surface area contributed by atoms with Crippen molar-refractivity contribution in [2.45, 2.75) is 38.8 Å². The second-order valence-corrected chi connectivity index (χ2v) is 5.88. The maximum Gasteiger partial charge on any atom is 0.323 e. The smallest absolute Gasteiger partial charge is 0.323 e. The van der Waals surface area contributed by atoms with Gasteiger partial charge in [-0.2, -0.15) is 0 Å². The van der Waals surface area contributed by atoms with Crippen LogP contribution in [0.1, 0.15) is 48.3 Å². The number of rotatable bonds is 5. The Bertz CT molecular complexity index is 494. The van der Waals surface area contributed by atoms with Gasteiger partial charge in [-0.15, -0.1) is 11.3 Å². The van der Waals surface area contributed by atoms with Crippen LogP contribution in [0.2, 0.25) is 0 Å². The van der Waals surface area contributed by atoms with Gasteiger partial charge in [0.05, 0.1) is 0 Å². The van der Waals surface area contributed by atoms with Gasteiger partial charge in [0.1, 0.15) is 23.4 Å². The Morgan fingerprint density at radius 2 is 2.35 bits per heavy atom. The lowest BCUT2D eigenvalue weighted by Gasteiger charge is -2.23. The predicted octanol–water partition coefficient (Wildman–Crippen LogP) is 1.93. The summed E-state index contributed by atoms with van der Waals surface area (Å²) in [5.74, 6) is -1.37. The van der Waals surface area contributed by atoms with E-state index in [1.807, 2.05) is 0 Å². The highest BCUT2D eigenvalue weighted by Gasteiger charge is 2.26. The maximum atomic E-state index is 12.3. The first-order chi connectivity index (χ1) is 9.49. The van der Waals surface area contributed by atoms with Gasteiger partial charge in [0.25, 0.3) is 5.91 Å². The van der Waals surface area contributed by atoms with Crippen LogP contribution in [-0.2, 0) is 9.53 Å². The van der Waals surface area contributed by atoms with Crippen molar-refractivity contribution in [2.24, 2.45) is 0 Å². The van der Waals surface area contributed by atoms with Crippen LogP contribution in [0.3, 0.4) is 0 Å². The lowest BCUT2D eigenvalue weighted by molar-refractivity contribution is -0.138. The summed E-state index contributed by atoms with van der Waals surface area (Å²) in [6.07, 6.45) is 1.91. The molecule has 2 heterocycles. The van der Waals surface area contributed by atoms with Crippen LogP contribution in [0, 0.1) is 0 Å². The monoisotopic (exact) mass is 298 g/mol. The molecule has 7 heteroatoms. The molecule has 6 nitrogen and oxygen atoms in total. The van der Waals surface area contributed by atoms with Crippen molar-refractivity contribution in [3.63, 3.8) is 0 Å². The van der Waals surface area contributed by atoms with Crippen LogP contribution in [0.5, 0.6) is 0 Å². The zero-order valence-corrected chi connectivity index (χ0v) is 12.4. The van der Waals surface area contributed by atoms with Crippen molar-refractivity contribution < 1.29 is 19.4 Å². The molecule has 1 atom stereocenters. The molecule has 1 unspecified atom stereocenters. The number of hydrogen-bond donors (Lipinski definition) is 1. The van der Waals surface area contributed by atoms with Crippen molar-refractivity contribution >= 4 is 23.2 Å². The van der Waals surface area contributed by atoms with Crippen molar-refractivity contribution in [2.75, 3.05) is 13.2 Å². The van der Waals surface area contributed by atoms with Crippen LogP contribution in [-0.4, -0.2) is 46.1 Å². The third-order valence-electron chi connectivity index (χ3n) is 3.14. The minimum atomic E-state index is -1.03. The van der Waals surface area contributed by atoms with E-state index < -0.39 is 5.97 Å². The number of aliphatic carboxylic acids is 1. The highest BCUT2D eigenvalue weighted by Crippen LogP contribution is 2.30. The maximum absolute atomic E-state index is 12.3. The number of hydrogen-bond acceptors (Lipinski definition) is 5. The van der Waals surface area contributed by atoms with E-state index in [9.17, 15) is 9.59 Å². The number of nitrogens with zero attached hydrogens (tertiary/aromatic N) is 2. The van der Waals surface area contributed by atoms with Crippen LogP contribution in [0.4, 0.5) is 0 Å². The zero-order valence-electron chi connectivity index (χ0n) is 11.5. The molecule has 110 valence electrons. The van der Waals surface area contributed by atoms with Crippen molar-refractivity contribution in [1.82, 2.24) is 9.88 Å². The molecule has 0 saturated carbocycles. The molecule has 1 fully saturated rings. The Kier molecular flexibility index (Phi) is 4.72. The molecule has 1 saturated heterocycles. The van der Waals surface area contributed by atoms with Gasteiger partial charge in [0, 0.05) is 18.0 Å². The third kappa shape index (κ3) is 3.34. The molecule has 1 aromatic heterocycles. The fourth-order valence-electron chi connectivity index (χ4n) is 2.09. The van der Waals surface area contributed by atoms with Gasteiger partial charge in [-0.1, -0.05) is 0 Å². The van der Waals surface area contributed by atoms with E-state index in [-0.39, 0.29) is 24.6 Å². The summed E-state index contributed by atoms with van der Waals surface area (Å²) >= 11 is 1.39. The van der Waals surface area contributed by atoms with Gasteiger partial charge in [0.2, 0.25) is 0 Å². The second-order valence-electron chi connectivity index (χ2n) is 4.99. The lowest BCUT2D eigenvalue weighted by Crippen LogP contribution is -2.40. The van der Waals surface area contributed by atoms with E-state index in [1.54, 1.807) is 19.2 Å². The fraction of sp³-hybridized carbons (Fsp3) is 0.615. The minimum absolute atomic E-state index is 0.0199. The van der Waals surface area contributed by atoms with Gasteiger partial charge < -0.3 is 14.7 Å². The van der Waals surface area contributed by atoms with Crippen LogP contribution in [0.25, 0.3) is 0 Å².